The molecule has 1 rings (SSSR count). The number of aromatic nitrogens is 3. The van der Waals surface area contributed by atoms with Gasteiger partial charge in [-0.1, -0.05) is 0 Å². The van der Waals surface area contributed by atoms with Crippen molar-refractivity contribution in [2.45, 2.75) is 5.16 Å². The van der Waals surface area contributed by atoms with Crippen LogP contribution >= 0.6 is 0 Å². The molecule has 0 atom stereocenters. The Hall–Kier alpha value is -0.910. The van der Waals surface area contributed by atoms with Crippen molar-refractivity contribution in [1.29, 1.82) is 0 Å². The Morgan fingerprint density at radius 1 is 1.60 bits per heavy atom. The number of hydrogen-bond acceptors (Lipinski definition) is 4. The van der Waals surface area contributed by atoms with Crippen molar-refractivity contribution in [3.8, 4) is 0 Å². The lowest BCUT2D eigenvalue weighted by Crippen LogP contribution is -2.00. The second-order valence-electron chi connectivity index (χ2n) is 1.97. The van der Waals surface area contributed by atoms with Gasteiger partial charge in [0.05, 0.1) is 0 Å². The van der Waals surface area contributed by atoms with E-state index in [1.54, 1.807) is 7.05 Å². The zero-order valence-corrected chi connectivity index (χ0v) is 6.46. The molecule has 0 radical (unpaired) electrons. The van der Waals surface area contributed by atoms with Gasteiger partial charge in [0.2, 0.25) is 9.84 Å². The molecule has 0 bridgehead atoms. The van der Waals surface area contributed by atoms with E-state index in [1.165, 1.54) is 11.0 Å². The van der Waals surface area contributed by atoms with Gasteiger partial charge in [-0.05, 0) is 0 Å². The predicted molar refractivity (Wildman–Crippen MR) is 34.1 cm³/mol. The predicted octanol–water partition coefficient (Wildman–Crippen LogP) is -0.781. The van der Waals surface area contributed by atoms with E-state index in [0.717, 1.165) is 6.26 Å². The summed E-state index contributed by atoms with van der Waals surface area (Å²) in [5.41, 5.74) is 0. The zero-order chi connectivity index (χ0) is 7.78. The van der Waals surface area contributed by atoms with Crippen molar-refractivity contribution in [3.05, 3.63) is 6.33 Å². The molecule has 1 heterocycles. The summed E-state index contributed by atoms with van der Waals surface area (Å²) in [6, 6.07) is 0. The number of rotatable bonds is 1. The van der Waals surface area contributed by atoms with Crippen LogP contribution < -0.4 is 0 Å². The Morgan fingerprint density at radius 2 is 2.20 bits per heavy atom. The minimum absolute atomic E-state index is 0.130. The molecule has 10 heavy (non-hydrogen) atoms. The molecule has 0 aliphatic heterocycles. The van der Waals surface area contributed by atoms with Crippen LogP contribution in [0.5, 0.6) is 0 Å². The van der Waals surface area contributed by atoms with Crippen molar-refractivity contribution in [2.24, 2.45) is 7.05 Å². The molecule has 0 fully saturated rings. The van der Waals surface area contributed by atoms with E-state index in [0.29, 0.717) is 0 Å². The highest BCUT2D eigenvalue weighted by Crippen LogP contribution is 1.96. The average Bonchev–Trinajstić information content (AvgIpc) is 2.11. The number of nitrogens with zero attached hydrogens (tertiary/aromatic N) is 3. The lowest BCUT2D eigenvalue weighted by atomic mass is 11.2. The van der Waals surface area contributed by atoms with Crippen LogP contribution in [0, 0.1) is 0 Å². The first-order valence-electron chi connectivity index (χ1n) is 2.56. The SMILES string of the molecule is Cn1cnc(S(C)(=O)=O)n1. The quantitative estimate of drug-likeness (QED) is 0.542. The third kappa shape index (κ3) is 1.32. The third-order valence-electron chi connectivity index (χ3n) is 0.910. The van der Waals surface area contributed by atoms with Crippen molar-refractivity contribution < 1.29 is 8.42 Å². The van der Waals surface area contributed by atoms with Gasteiger partial charge in [0.15, 0.2) is 0 Å². The first-order chi connectivity index (χ1) is 4.50. The number of hydrogen-bond donors (Lipinski definition) is 0. The van der Waals surface area contributed by atoms with E-state index < -0.39 is 9.84 Å². The minimum Gasteiger partial charge on any atom is -0.255 e. The first-order valence-corrected chi connectivity index (χ1v) is 4.45. The van der Waals surface area contributed by atoms with E-state index in [1.807, 2.05) is 0 Å². The molecule has 0 aromatic carbocycles. The van der Waals surface area contributed by atoms with Gasteiger partial charge in [0.1, 0.15) is 6.33 Å². The summed E-state index contributed by atoms with van der Waals surface area (Å²) >= 11 is 0. The molecule has 0 spiro atoms. The Bertz CT molecular complexity index is 326. The van der Waals surface area contributed by atoms with Gasteiger partial charge in [-0.3, -0.25) is 4.68 Å². The Balaban J connectivity index is 3.21. The summed E-state index contributed by atoms with van der Waals surface area (Å²) in [5.74, 6) is 0. The van der Waals surface area contributed by atoms with Gasteiger partial charge in [-0.2, -0.15) is 0 Å². The Morgan fingerprint density at radius 3 is 2.40 bits per heavy atom. The molecular formula is C4H7N3O2S. The molecule has 0 saturated heterocycles. The summed E-state index contributed by atoms with van der Waals surface area (Å²) in [5, 5.41) is 3.47. The molecule has 5 nitrogen and oxygen atoms in total. The highest BCUT2D eigenvalue weighted by atomic mass is 32.2. The van der Waals surface area contributed by atoms with E-state index in [9.17, 15) is 8.42 Å². The number of sulfone groups is 1. The van der Waals surface area contributed by atoms with E-state index in [4.69, 9.17) is 0 Å². The van der Waals surface area contributed by atoms with Crippen LogP contribution in [-0.2, 0) is 16.9 Å². The van der Waals surface area contributed by atoms with Gasteiger partial charge in [0, 0.05) is 13.3 Å². The van der Waals surface area contributed by atoms with Crippen molar-refractivity contribution in [3.63, 3.8) is 0 Å². The van der Waals surface area contributed by atoms with Gasteiger partial charge in [0.25, 0.3) is 5.16 Å². The Labute approximate surface area is 58.6 Å². The topological polar surface area (TPSA) is 64.8 Å². The maximum atomic E-state index is 10.7. The van der Waals surface area contributed by atoms with Crippen LogP contribution in [0.1, 0.15) is 0 Å². The van der Waals surface area contributed by atoms with Gasteiger partial charge < -0.3 is 0 Å². The lowest BCUT2D eigenvalue weighted by Gasteiger charge is -1.85. The largest absolute Gasteiger partial charge is 0.266 e. The second kappa shape index (κ2) is 2.05. The van der Waals surface area contributed by atoms with Gasteiger partial charge >= 0.3 is 0 Å². The smallest absolute Gasteiger partial charge is 0.255 e. The van der Waals surface area contributed by atoms with Crippen LogP contribution in [0.2, 0.25) is 0 Å². The maximum absolute atomic E-state index is 10.7. The molecule has 0 saturated carbocycles. The molecule has 6 heteroatoms. The van der Waals surface area contributed by atoms with E-state index >= 15 is 0 Å². The third-order valence-corrected chi connectivity index (χ3v) is 1.76. The van der Waals surface area contributed by atoms with Crippen molar-refractivity contribution in [1.82, 2.24) is 14.8 Å². The molecule has 0 aliphatic rings. The fraction of sp³-hybridized carbons (Fsp3) is 0.500. The summed E-state index contributed by atoms with van der Waals surface area (Å²) in [4.78, 5) is 3.55. The molecule has 0 unspecified atom stereocenters. The normalized spacial score (nSPS) is 11.8. The Kier molecular flexibility index (Phi) is 1.47. The van der Waals surface area contributed by atoms with Crippen molar-refractivity contribution >= 4 is 9.84 Å². The molecule has 0 aliphatic carbocycles. The molecule has 56 valence electrons. The van der Waals surface area contributed by atoms with Crippen LogP contribution in [0.3, 0.4) is 0 Å². The molecular weight excluding hydrogens is 154 g/mol. The highest BCUT2D eigenvalue weighted by Gasteiger charge is 2.10. The fourth-order valence-electron chi connectivity index (χ4n) is 0.489. The molecule has 0 amide bonds. The molecule has 1 aromatic heterocycles. The summed E-state index contributed by atoms with van der Waals surface area (Å²) in [6.45, 7) is 0. The van der Waals surface area contributed by atoms with Crippen molar-refractivity contribution in [2.75, 3.05) is 6.26 Å². The monoisotopic (exact) mass is 161 g/mol. The first kappa shape index (κ1) is 7.20. The van der Waals surface area contributed by atoms with Crippen LogP contribution in [0.4, 0.5) is 0 Å². The minimum atomic E-state index is -3.23. The van der Waals surface area contributed by atoms with Gasteiger partial charge in [-0.15, -0.1) is 5.10 Å². The van der Waals surface area contributed by atoms with E-state index in [2.05, 4.69) is 10.1 Å². The number of aryl methyl sites for hydroxylation is 1. The van der Waals surface area contributed by atoms with Crippen LogP contribution in [0.15, 0.2) is 11.5 Å². The fourth-order valence-corrected chi connectivity index (χ4v) is 1.01. The standard InChI is InChI=1S/C4H7N3O2S/c1-7-3-5-4(6-7)10(2,8)9/h3H,1-2H3. The molecule has 0 N–H and O–H groups in total. The average molecular weight is 161 g/mol. The summed E-state index contributed by atoms with van der Waals surface area (Å²) in [6.07, 6.45) is 2.42. The summed E-state index contributed by atoms with van der Waals surface area (Å²) < 4.78 is 22.8. The van der Waals surface area contributed by atoms with Gasteiger partial charge in [-0.25, -0.2) is 13.4 Å². The van der Waals surface area contributed by atoms with E-state index in [-0.39, 0.29) is 5.16 Å². The van der Waals surface area contributed by atoms with Crippen LogP contribution in [-0.4, -0.2) is 29.4 Å². The lowest BCUT2D eigenvalue weighted by molar-refractivity contribution is 0.590. The van der Waals surface area contributed by atoms with Crippen LogP contribution in [0.25, 0.3) is 0 Å². The second-order valence-corrected chi connectivity index (χ2v) is 3.88. The zero-order valence-electron chi connectivity index (χ0n) is 5.64. The molecule has 1 aromatic rings. The highest BCUT2D eigenvalue weighted by molar-refractivity contribution is 7.90. The maximum Gasteiger partial charge on any atom is 0.266 e. The summed E-state index contributed by atoms with van der Waals surface area (Å²) in [7, 11) is -1.61.